The Morgan fingerprint density at radius 3 is 2.30 bits per heavy atom. The average Bonchev–Trinajstić information content (AvgIpc) is 3.22. The number of hydrogen-bond donors (Lipinski definition) is 1. The molecule has 1 atom stereocenters. The Labute approximate surface area is 122 Å². The van der Waals surface area contributed by atoms with Gasteiger partial charge >= 0.3 is 0 Å². The molecular formula is C16H28N2O2. The molecule has 0 radical (unpaired) electrons. The summed E-state index contributed by atoms with van der Waals surface area (Å²) in [5.41, 5.74) is -0.675. The Morgan fingerprint density at radius 1 is 1.25 bits per heavy atom. The van der Waals surface area contributed by atoms with Gasteiger partial charge in [0, 0.05) is 6.54 Å². The van der Waals surface area contributed by atoms with Crippen LogP contribution in [0.15, 0.2) is 0 Å². The van der Waals surface area contributed by atoms with Gasteiger partial charge in [-0.25, -0.2) is 0 Å². The van der Waals surface area contributed by atoms with Crippen LogP contribution in [-0.4, -0.2) is 34.8 Å². The van der Waals surface area contributed by atoms with Crippen molar-refractivity contribution in [2.75, 3.05) is 6.54 Å². The van der Waals surface area contributed by atoms with E-state index in [1.54, 1.807) is 0 Å². The van der Waals surface area contributed by atoms with E-state index in [0.717, 1.165) is 18.9 Å². The van der Waals surface area contributed by atoms with Gasteiger partial charge in [0.2, 0.25) is 11.8 Å². The van der Waals surface area contributed by atoms with Crippen LogP contribution < -0.4 is 5.32 Å². The maximum Gasteiger partial charge on any atom is 0.248 e. The summed E-state index contributed by atoms with van der Waals surface area (Å²) in [4.78, 5) is 27.3. The second kappa shape index (κ2) is 5.74. The maximum atomic E-state index is 12.9. The molecule has 2 fully saturated rings. The van der Waals surface area contributed by atoms with Gasteiger partial charge in [0.25, 0.3) is 0 Å². The smallest absolute Gasteiger partial charge is 0.248 e. The van der Waals surface area contributed by atoms with E-state index in [1.165, 1.54) is 12.8 Å². The highest BCUT2D eigenvalue weighted by molar-refractivity contribution is 5.99. The summed E-state index contributed by atoms with van der Waals surface area (Å²) in [5.74, 6) is 1.09. The van der Waals surface area contributed by atoms with Gasteiger partial charge in [0.15, 0.2) is 0 Å². The molecule has 0 aromatic carbocycles. The summed E-state index contributed by atoms with van der Waals surface area (Å²) in [6.45, 7) is 8.74. The Balaban J connectivity index is 2.22. The first-order valence-electron chi connectivity index (χ1n) is 8.08. The van der Waals surface area contributed by atoms with Crippen LogP contribution in [-0.2, 0) is 9.59 Å². The molecule has 1 N–H and O–H groups in total. The summed E-state index contributed by atoms with van der Waals surface area (Å²) in [6, 6.07) is -0.299. The Morgan fingerprint density at radius 2 is 1.85 bits per heavy atom. The van der Waals surface area contributed by atoms with Crippen LogP contribution in [0.1, 0.15) is 59.8 Å². The molecule has 1 aliphatic carbocycles. The zero-order chi connectivity index (χ0) is 14.9. The van der Waals surface area contributed by atoms with Crippen molar-refractivity contribution in [3.8, 4) is 0 Å². The van der Waals surface area contributed by atoms with E-state index in [1.807, 2.05) is 32.6 Å². The molecule has 20 heavy (non-hydrogen) atoms. The number of piperazine rings is 1. The predicted octanol–water partition coefficient (Wildman–Crippen LogP) is 2.33. The first-order valence-corrected chi connectivity index (χ1v) is 8.08. The van der Waals surface area contributed by atoms with Gasteiger partial charge in [-0.3, -0.25) is 9.59 Å². The fourth-order valence-corrected chi connectivity index (χ4v) is 3.27. The number of carbonyl (C=O) groups excluding carboxylic acids is 2. The molecule has 0 spiro atoms. The molecule has 2 amide bonds. The zero-order valence-electron chi connectivity index (χ0n) is 13.2. The van der Waals surface area contributed by atoms with E-state index in [2.05, 4.69) is 5.32 Å². The lowest BCUT2D eigenvalue weighted by molar-refractivity contribution is -0.157. The van der Waals surface area contributed by atoms with Gasteiger partial charge < -0.3 is 10.2 Å². The van der Waals surface area contributed by atoms with Crippen molar-refractivity contribution in [2.24, 2.45) is 11.8 Å². The van der Waals surface area contributed by atoms with E-state index in [0.29, 0.717) is 12.8 Å². The standard InChI is InChI=1S/C16H28N2O2/c1-5-16(6-2)15(20)18(10-9-12-7-8-12)13(11(3)4)14(19)17-16/h11-13H,5-10H2,1-4H3,(H,17,19). The monoisotopic (exact) mass is 280 g/mol. The van der Waals surface area contributed by atoms with Gasteiger partial charge in [-0.05, 0) is 31.1 Å². The average molecular weight is 280 g/mol. The van der Waals surface area contributed by atoms with Gasteiger partial charge in [-0.2, -0.15) is 0 Å². The molecule has 2 aliphatic rings. The second-order valence-electron chi connectivity index (χ2n) is 6.70. The second-order valence-corrected chi connectivity index (χ2v) is 6.70. The molecule has 1 aliphatic heterocycles. The molecule has 0 aromatic heterocycles. The van der Waals surface area contributed by atoms with Crippen LogP contribution in [0, 0.1) is 11.8 Å². The van der Waals surface area contributed by atoms with Crippen LogP contribution in [0.5, 0.6) is 0 Å². The molecule has 1 heterocycles. The number of nitrogens with one attached hydrogen (secondary N) is 1. The highest BCUT2D eigenvalue weighted by Crippen LogP contribution is 2.34. The van der Waals surface area contributed by atoms with Gasteiger partial charge in [0.05, 0.1) is 0 Å². The van der Waals surface area contributed by atoms with Crippen LogP contribution in [0.3, 0.4) is 0 Å². The summed E-state index contributed by atoms with van der Waals surface area (Å²) < 4.78 is 0. The van der Waals surface area contributed by atoms with E-state index in [4.69, 9.17) is 0 Å². The lowest BCUT2D eigenvalue weighted by Gasteiger charge is -2.47. The highest BCUT2D eigenvalue weighted by Gasteiger charge is 2.49. The molecular weight excluding hydrogens is 252 g/mol. The summed E-state index contributed by atoms with van der Waals surface area (Å²) in [5, 5.41) is 3.01. The Bertz CT molecular complexity index is 384. The molecule has 1 saturated carbocycles. The van der Waals surface area contributed by atoms with Crippen molar-refractivity contribution in [3.05, 3.63) is 0 Å². The number of amides is 2. The van der Waals surface area contributed by atoms with E-state index in [-0.39, 0.29) is 23.8 Å². The predicted molar refractivity (Wildman–Crippen MR) is 79.1 cm³/mol. The normalized spacial score (nSPS) is 26.1. The molecule has 114 valence electrons. The fourth-order valence-electron chi connectivity index (χ4n) is 3.27. The molecule has 2 rings (SSSR count). The molecule has 1 unspecified atom stereocenters. The van der Waals surface area contributed by atoms with Gasteiger partial charge in [0.1, 0.15) is 11.6 Å². The lowest BCUT2D eigenvalue weighted by atomic mass is 9.84. The third-order valence-electron chi connectivity index (χ3n) is 4.95. The summed E-state index contributed by atoms with van der Waals surface area (Å²) in [6.07, 6.45) is 4.95. The molecule has 0 aromatic rings. The highest BCUT2D eigenvalue weighted by atomic mass is 16.2. The summed E-state index contributed by atoms with van der Waals surface area (Å²) >= 11 is 0. The van der Waals surface area contributed by atoms with Crippen LogP contribution in [0.2, 0.25) is 0 Å². The minimum absolute atomic E-state index is 0.0269. The molecule has 1 saturated heterocycles. The number of carbonyl (C=O) groups is 2. The van der Waals surface area contributed by atoms with E-state index >= 15 is 0 Å². The molecule has 0 bridgehead atoms. The van der Waals surface area contributed by atoms with E-state index in [9.17, 15) is 9.59 Å². The van der Waals surface area contributed by atoms with Crippen LogP contribution in [0.4, 0.5) is 0 Å². The maximum absolute atomic E-state index is 12.9. The number of rotatable bonds is 6. The first-order chi connectivity index (χ1) is 9.45. The largest absolute Gasteiger partial charge is 0.340 e. The Kier molecular flexibility index (Phi) is 4.40. The van der Waals surface area contributed by atoms with Crippen LogP contribution >= 0.6 is 0 Å². The van der Waals surface area contributed by atoms with Crippen LogP contribution in [0.25, 0.3) is 0 Å². The minimum atomic E-state index is -0.675. The first kappa shape index (κ1) is 15.3. The SMILES string of the molecule is CCC1(CC)NC(=O)C(C(C)C)N(CCC2CC2)C1=O. The van der Waals surface area contributed by atoms with Crippen molar-refractivity contribution in [1.29, 1.82) is 0 Å². The number of nitrogens with zero attached hydrogens (tertiary/aromatic N) is 1. The summed E-state index contributed by atoms with van der Waals surface area (Å²) in [7, 11) is 0. The molecule has 4 heteroatoms. The third-order valence-corrected chi connectivity index (χ3v) is 4.95. The van der Waals surface area contributed by atoms with Crippen molar-refractivity contribution in [1.82, 2.24) is 10.2 Å². The fraction of sp³-hybridized carbons (Fsp3) is 0.875. The molecule has 4 nitrogen and oxygen atoms in total. The van der Waals surface area contributed by atoms with Crippen molar-refractivity contribution in [2.45, 2.75) is 71.4 Å². The minimum Gasteiger partial charge on any atom is -0.340 e. The van der Waals surface area contributed by atoms with Crippen molar-refractivity contribution < 1.29 is 9.59 Å². The Hall–Kier alpha value is -1.06. The van der Waals surface area contributed by atoms with Crippen molar-refractivity contribution in [3.63, 3.8) is 0 Å². The van der Waals surface area contributed by atoms with Gasteiger partial charge in [-0.1, -0.05) is 40.5 Å². The zero-order valence-corrected chi connectivity index (χ0v) is 13.2. The lowest BCUT2D eigenvalue weighted by Crippen LogP contribution is -2.71. The third kappa shape index (κ3) is 2.70. The topological polar surface area (TPSA) is 49.4 Å². The van der Waals surface area contributed by atoms with E-state index < -0.39 is 5.54 Å². The van der Waals surface area contributed by atoms with Crippen molar-refractivity contribution >= 4 is 11.8 Å². The number of hydrogen-bond acceptors (Lipinski definition) is 2. The quantitative estimate of drug-likeness (QED) is 0.812. The van der Waals surface area contributed by atoms with Gasteiger partial charge in [-0.15, -0.1) is 0 Å².